The van der Waals surface area contributed by atoms with E-state index in [0.717, 1.165) is 25.2 Å². The number of hydrogen-bond donors (Lipinski definition) is 2. The van der Waals surface area contributed by atoms with Crippen molar-refractivity contribution in [2.24, 2.45) is 0 Å². The van der Waals surface area contributed by atoms with Crippen LogP contribution in [0.2, 0.25) is 0 Å². The molecule has 0 atom stereocenters. The molecule has 10 heteroatoms. The molecule has 1 aliphatic heterocycles. The topological polar surface area (TPSA) is 140 Å². The predicted molar refractivity (Wildman–Crippen MR) is 141 cm³/mol. The van der Waals surface area contributed by atoms with Gasteiger partial charge in [0.15, 0.2) is 17.1 Å². The van der Waals surface area contributed by atoms with Gasteiger partial charge in [-0.3, -0.25) is 4.79 Å². The minimum atomic E-state index is -1.51. The van der Waals surface area contributed by atoms with Gasteiger partial charge >= 0.3 is 5.97 Å². The molecule has 4 rings (SSSR count). The van der Waals surface area contributed by atoms with E-state index < -0.39 is 11.9 Å². The largest absolute Gasteiger partial charge is 0.545 e. The van der Waals surface area contributed by atoms with E-state index in [-0.39, 0.29) is 5.78 Å². The molecular formula is C29H31NO9. The van der Waals surface area contributed by atoms with E-state index >= 15 is 0 Å². The molecule has 1 saturated heterocycles. The number of nitrogens with one attached hydrogen (secondary N) is 1. The molecule has 0 amide bonds. The lowest BCUT2D eigenvalue weighted by atomic mass is 10.0. The lowest BCUT2D eigenvalue weighted by molar-refractivity contribution is -0.887. The summed E-state index contributed by atoms with van der Waals surface area (Å²) in [5.41, 5.74) is 1.79. The van der Waals surface area contributed by atoms with Gasteiger partial charge in [0.1, 0.15) is 24.5 Å². The van der Waals surface area contributed by atoms with Crippen LogP contribution in [0.3, 0.4) is 0 Å². The molecule has 10 nitrogen and oxygen atoms in total. The molecule has 0 saturated carbocycles. The number of carboxylic acid groups (broad SMARTS) is 2. The number of likely N-dealkylation sites (tertiary alicyclic amines) is 1. The molecule has 206 valence electrons. The number of furan rings is 1. The molecule has 1 aliphatic rings. The first-order chi connectivity index (χ1) is 18.8. The van der Waals surface area contributed by atoms with Crippen molar-refractivity contribution in [2.75, 3.05) is 40.5 Å². The highest BCUT2D eigenvalue weighted by atomic mass is 16.5. The number of benzene rings is 2. The Hall–Kier alpha value is -4.57. The van der Waals surface area contributed by atoms with E-state index in [1.165, 1.54) is 23.8 Å². The molecule has 0 bridgehead atoms. The maximum absolute atomic E-state index is 13.3. The summed E-state index contributed by atoms with van der Waals surface area (Å²) in [6, 6.07) is 11.5. The zero-order chi connectivity index (χ0) is 28.2. The number of rotatable bonds is 11. The van der Waals surface area contributed by atoms with Crippen LogP contribution in [-0.2, 0) is 9.59 Å². The number of quaternary nitrogens is 1. The molecule has 2 N–H and O–H groups in total. The lowest BCUT2D eigenvalue weighted by Crippen LogP contribution is -3.10. The van der Waals surface area contributed by atoms with Gasteiger partial charge in [-0.15, -0.1) is 0 Å². The van der Waals surface area contributed by atoms with Crippen LogP contribution >= 0.6 is 0 Å². The fraction of sp³-hybridized carbons (Fsp3) is 0.276. The van der Waals surface area contributed by atoms with Crippen molar-refractivity contribution in [1.29, 1.82) is 0 Å². The van der Waals surface area contributed by atoms with Gasteiger partial charge in [0.05, 0.1) is 44.9 Å². The number of carbonyl (C=O) groups is 3. The molecule has 1 fully saturated rings. The van der Waals surface area contributed by atoms with E-state index in [4.69, 9.17) is 23.7 Å². The number of ketones is 1. The molecule has 2 heterocycles. The third-order valence-corrected chi connectivity index (χ3v) is 6.03. The fourth-order valence-electron chi connectivity index (χ4n) is 4.26. The Morgan fingerprint density at radius 1 is 0.974 bits per heavy atom. The molecule has 0 aliphatic carbocycles. The zero-order valence-corrected chi connectivity index (χ0v) is 21.8. The third-order valence-electron chi connectivity index (χ3n) is 6.03. The maximum Gasteiger partial charge on any atom is 0.328 e. The van der Waals surface area contributed by atoms with Crippen LogP contribution in [0.5, 0.6) is 17.2 Å². The molecule has 0 unspecified atom stereocenters. The minimum absolute atomic E-state index is 0.217. The number of allylic oxidation sites excluding steroid dienone is 1. The first-order valence-electron chi connectivity index (χ1n) is 12.4. The smallest absolute Gasteiger partial charge is 0.328 e. The van der Waals surface area contributed by atoms with Gasteiger partial charge in [-0.25, -0.2) is 4.79 Å². The van der Waals surface area contributed by atoms with Crippen LogP contribution < -0.4 is 24.2 Å². The Bertz CT molecular complexity index is 1320. The SMILES string of the molecule is COc1c(C(=O)/C=C/c2ccccc2)c(OCC[NH+]2CCCC2)c(OC)c2occc12.O=C([O-])/C=C\C(=O)O. The number of methoxy groups -OCH3 is 2. The van der Waals surface area contributed by atoms with Crippen molar-refractivity contribution in [3.8, 4) is 17.2 Å². The van der Waals surface area contributed by atoms with E-state index in [9.17, 15) is 19.5 Å². The fourth-order valence-corrected chi connectivity index (χ4v) is 4.26. The number of hydrogen-bond acceptors (Lipinski definition) is 8. The number of carbonyl (C=O) groups excluding carboxylic acids is 2. The summed E-state index contributed by atoms with van der Waals surface area (Å²) in [5.74, 6) is -1.82. The summed E-state index contributed by atoms with van der Waals surface area (Å²) >= 11 is 0. The highest BCUT2D eigenvalue weighted by Gasteiger charge is 2.28. The van der Waals surface area contributed by atoms with Gasteiger partial charge in [-0.2, -0.15) is 0 Å². The van der Waals surface area contributed by atoms with Crippen LogP contribution in [0.15, 0.2) is 65.3 Å². The standard InChI is InChI=1S/C25H27NO5.C4H4O4/c1-28-22-19-12-16-30-23(19)25(29-2)24(31-17-15-26-13-6-7-14-26)21(22)20(27)11-10-18-8-4-3-5-9-18;5-3(6)1-2-4(7)8/h3-5,8-12,16H,6-7,13-15,17H2,1-2H3;1-2H,(H,5,6)(H,7,8)/b11-10+;2-1-. The molecule has 0 spiro atoms. The van der Waals surface area contributed by atoms with Crippen LogP contribution in [0.1, 0.15) is 28.8 Å². The Labute approximate surface area is 225 Å². The number of fused-ring (bicyclic) bond motifs is 1. The Kier molecular flexibility index (Phi) is 10.7. The summed E-state index contributed by atoms with van der Waals surface area (Å²) < 4.78 is 23.1. The first-order valence-corrected chi connectivity index (χ1v) is 12.4. The third kappa shape index (κ3) is 7.96. The Morgan fingerprint density at radius 2 is 1.67 bits per heavy atom. The van der Waals surface area contributed by atoms with E-state index in [0.29, 0.717) is 52.5 Å². The Morgan fingerprint density at radius 3 is 2.26 bits per heavy atom. The molecule has 2 aromatic carbocycles. The second kappa shape index (κ2) is 14.4. The van der Waals surface area contributed by atoms with Crippen molar-refractivity contribution < 1.29 is 48.1 Å². The average molecular weight is 538 g/mol. The van der Waals surface area contributed by atoms with Crippen LogP contribution in [-0.4, -0.2) is 63.3 Å². The van der Waals surface area contributed by atoms with Crippen LogP contribution in [0, 0.1) is 0 Å². The number of carboxylic acids is 2. The van der Waals surface area contributed by atoms with Crippen molar-refractivity contribution in [1.82, 2.24) is 0 Å². The second-order valence-corrected chi connectivity index (χ2v) is 8.59. The van der Waals surface area contributed by atoms with E-state index in [1.54, 1.807) is 32.6 Å². The highest BCUT2D eigenvalue weighted by molar-refractivity contribution is 6.15. The quantitative estimate of drug-likeness (QED) is 0.277. The zero-order valence-electron chi connectivity index (χ0n) is 21.8. The van der Waals surface area contributed by atoms with Crippen molar-refractivity contribution >= 4 is 34.8 Å². The lowest BCUT2D eigenvalue weighted by Gasteiger charge is -2.18. The summed E-state index contributed by atoms with van der Waals surface area (Å²) in [7, 11) is 3.10. The van der Waals surface area contributed by atoms with Crippen molar-refractivity contribution in [3.05, 3.63) is 72.0 Å². The van der Waals surface area contributed by atoms with Crippen molar-refractivity contribution in [2.45, 2.75) is 12.8 Å². The first kappa shape index (κ1) is 29.0. The van der Waals surface area contributed by atoms with Gasteiger partial charge in [-0.05, 0) is 23.8 Å². The summed E-state index contributed by atoms with van der Waals surface area (Å²) in [6.07, 6.45) is 8.32. The van der Waals surface area contributed by atoms with Gasteiger partial charge in [-0.1, -0.05) is 36.4 Å². The molecule has 3 aromatic rings. The van der Waals surface area contributed by atoms with E-state index in [1.807, 2.05) is 30.3 Å². The minimum Gasteiger partial charge on any atom is -0.545 e. The van der Waals surface area contributed by atoms with Gasteiger partial charge in [0, 0.05) is 18.9 Å². The van der Waals surface area contributed by atoms with Gasteiger partial charge in [0.2, 0.25) is 5.75 Å². The van der Waals surface area contributed by atoms with Gasteiger partial charge in [0.25, 0.3) is 0 Å². The Balaban J connectivity index is 0.000000459. The number of aliphatic carboxylic acids is 2. The highest BCUT2D eigenvalue weighted by Crippen LogP contribution is 2.46. The van der Waals surface area contributed by atoms with E-state index in [2.05, 4.69) is 0 Å². The molecule has 39 heavy (non-hydrogen) atoms. The summed E-state index contributed by atoms with van der Waals surface area (Å²) in [6.45, 7) is 3.66. The monoisotopic (exact) mass is 537 g/mol. The van der Waals surface area contributed by atoms with Crippen LogP contribution in [0.25, 0.3) is 17.0 Å². The second-order valence-electron chi connectivity index (χ2n) is 8.59. The molecular weight excluding hydrogens is 506 g/mol. The predicted octanol–water partition coefficient (Wildman–Crippen LogP) is 1.78. The summed E-state index contributed by atoms with van der Waals surface area (Å²) in [5, 5.41) is 17.9. The number of ether oxygens (including phenoxy) is 3. The molecule has 1 aromatic heterocycles. The summed E-state index contributed by atoms with van der Waals surface area (Å²) in [4.78, 5) is 33.8. The normalized spacial score (nSPS) is 13.4. The van der Waals surface area contributed by atoms with Crippen molar-refractivity contribution in [3.63, 3.8) is 0 Å². The average Bonchev–Trinajstić information content (AvgIpc) is 3.63. The maximum atomic E-state index is 13.3. The molecule has 0 radical (unpaired) electrons. The van der Waals surface area contributed by atoms with Crippen LogP contribution in [0.4, 0.5) is 0 Å². The van der Waals surface area contributed by atoms with Gasteiger partial charge < -0.3 is 38.5 Å².